The summed E-state index contributed by atoms with van der Waals surface area (Å²) in [4.78, 5) is 10.3. The number of nitro benzene ring substituents is 1. The summed E-state index contributed by atoms with van der Waals surface area (Å²) in [5, 5.41) is 13.7. The number of nitrogens with one attached hydrogen (secondary N) is 1. The number of rotatable bonds is 6. The van der Waals surface area contributed by atoms with Gasteiger partial charge in [-0.1, -0.05) is 12.1 Å². The van der Waals surface area contributed by atoms with Crippen molar-refractivity contribution in [1.82, 2.24) is 0 Å². The molecule has 0 saturated heterocycles. The van der Waals surface area contributed by atoms with Gasteiger partial charge in [0.05, 0.1) is 4.92 Å². The van der Waals surface area contributed by atoms with E-state index in [1.54, 1.807) is 18.2 Å². The van der Waals surface area contributed by atoms with Crippen molar-refractivity contribution in [3.63, 3.8) is 0 Å². The summed E-state index contributed by atoms with van der Waals surface area (Å²) in [6, 6.07) is 6.63. The van der Waals surface area contributed by atoms with Crippen molar-refractivity contribution < 1.29 is 4.92 Å². The van der Waals surface area contributed by atoms with Gasteiger partial charge in [-0.15, -0.1) is 12.4 Å². The summed E-state index contributed by atoms with van der Waals surface area (Å²) in [5.74, 6) is 0. The van der Waals surface area contributed by atoms with Crippen molar-refractivity contribution in [2.75, 3.05) is 18.4 Å². The van der Waals surface area contributed by atoms with E-state index >= 15 is 0 Å². The lowest BCUT2D eigenvalue weighted by atomic mass is 10.2. The van der Waals surface area contributed by atoms with Crippen LogP contribution in [0, 0.1) is 10.1 Å². The van der Waals surface area contributed by atoms with Crippen LogP contribution in [0.3, 0.4) is 0 Å². The van der Waals surface area contributed by atoms with Crippen LogP contribution < -0.4 is 11.1 Å². The van der Waals surface area contributed by atoms with E-state index in [-0.39, 0.29) is 23.0 Å². The highest BCUT2D eigenvalue weighted by atomic mass is 35.5. The van der Waals surface area contributed by atoms with E-state index in [4.69, 9.17) is 5.73 Å². The van der Waals surface area contributed by atoms with Crippen LogP contribution in [-0.2, 0) is 0 Å². The molecule has 0 heterocycles. The Morgan fingerprint density at radius 2 is 2.00 bits per heavy atom. The fraction of sp³-hybridized carbons (Fsp3) is 0.400. The van der Waals surface area contributed by atoms with Crippen LogP contribution in [0.2, 0.25) is 0 Å². The Bertz CT molecular complexity index is 334. The first-order chi connectivity index (χ1) is 7.25. The molecule has 3 N–H and O–H groups in total. The van der Waals surface area contributed by atoms with Crippen LogP contribution in [0.1, 0.15) is 12.8 Å². The van der Waals surface area contributed by atoms with Crippen LogP contribution in [-0.4, -0.2) is 18.0 Å². The minimum atomic E-state index is -0.384. The standard InChI is InChI=1S/C10H15N3O2.ClH/c11-7-3-4-8-12-9-5-1-2-6-10(9)13(14)15;/h1-2,5-6,12H,3-4,7-8,11H2;1H. The Labute approximate surface area is 101 Å². The summed E-state index contributed by atoms with van der Waals surface area (Å²) in [7, 11) is 0. The number of nitrogens with two attached hydrogens (primary N) is 1. The van der Waals surface area contributed by atoms with Gasteiger partial charge in [0.2, 0.25) is 0 Å². The van der Waals surface area contributed by atoms with Crippen molar-refractivity contribution in [2.45, 2.75) is 12.8 Å². The predicted molar refractivity (Wildman–Crippen MR) is 67.1 cm³/mol. The lowest BCUT2D eigenvalue weighted by Crippen LogP contribution is -2.06. The van der Waals surface area contributed by atoms with E-state index in [9.17, 15) is 10.1 Å². The molecule has 0 aliphatic carbocycles. The first-order valence-electron chi connectivity index (χ1n) is 4.93. The highest BCUT2D eigenvalue weighted by Crippen LogP contribution is 2.22. The highest BCUT2D eigenvalue weighted by molar-refractivity contribution is 5.85. The zero-order chi connectivity index (χ0) is 11.1. The van der Waals surface area contributed by atoms with Crippen LogP contribution in [0.25, 0.3) is 0 Å². The molecule has 0 radical (unpaired) electrons. The molecule has 0 amide bonds. The molecule has 1 rings (SSSR count). The summed E-state index contributed by atoms with van der Waals surface area (Å²) in [6.07, 6.45) is 1.84. The zero-order valence-electron chi connectivity index (χ0n) is 8.89. The summed E-state index contributed by atoms with van der Waals surface area (Å²) >= 11 is 0. The third kappa shape index (κ3) is 4.46. The van der Waals surface area contributed by atoms with Gasteiger partial charge in [-0.05, 0) is 25.5 Å². The van der Waals surface area contributed by atoms with Crippen molar-refractivity contribution in [3.8, 4) is 0 Å². The number of benzene rings is 1. The average molecular weight is 246 g/mol. The predicted octanol–water partition coefficient (Wildman–Crippen LogP) is 2.17. The molecule has 0 spiro atoms. The Balaban J connectivity index is 0.00000225. The van der Waals surface area contributed by atoms with Gasteiger partial charge in [0.15, 0.2) is 0 Å². The van der Waals surface area contributed by atoms with E-state index in [0.29, 0.717) is 18.8 Å². The normalized spacial score (nSPS) is 9.31. The number of nitrogens with zero attached hydrogens (tertiary/aromatic N) is 1. The Morgan fingerprint density at radius 1 is 1.31 bits per heavy atom. The van der Waals surface area contributed by atoms with Crippen molar-refractivity contribution in [2.24, 2.45) is 5.73 Å². The third-order valence-electron chi connectivity index (χ3n) is 2.05. The van der Waals surface area contributed by atoms with Crippen LogP contribution in [0.4, 0.5) is 11.4 Å². The van der Waals surface area contributed by atoms with Crippen molar-refractivity contribution in [1.29, 1.82) is 0 Å². The molecule has 0 aromatic heterocycles. The minimum absolute atomic E-state index is 0. The fourth-order valence-corrected chi connectivity index (χ4v) is 1.27. The maximum Gasteiger partial charge on any atom is 0.292 e. The van der Waals surface area contributed by atoms with Gasteiger partial charge >= 0.3 is 0 Å². The number of nitro groups is 1. The van der Waals surface area contributed by atoms with Gasteiger partial charge in [0, 0.05) is 12.6 Å². The number of para-hydroxylation sites is 2. The lowest BCUT2D eigenvalue weighted by Gasteiger charge is -2.05. The van der Waals surface area contributed by atoms with E-state index in [2.05, 4.69) is 5.32 Å². The molecule has 0 aliphatic rings. The highest BCUT2D eigenvalue weighted by Gasteiger charge is 2.10. The van der Waals surface area contributed by atoms with Crippen LogP contribution in [0.15, 0.2) is 24.3 Å². The molecule has 0 unspecified atom stereocenters. The number of halogens is 1. The molecular formula is C10H16ClN3O2. The summed E-state index contributed by atoms with van der Waals surface area (Å²) < 4.78 is 0. The number of hydrogen-bond donors (Lipinski definition) is 2. The van der Waals surface area contributed by atoms with Gasteiger partial charge in [-0.25, -0.2) is 0 Å². The van der Waals surface area contributed by atoms with Gasteiger partial charge in [0.25, 0.3) is 5.69 Å². The lowest BCUT2D eigenvalue weighted by molar-refractivity contribution is -0.384. The van der Waals surface area contributed by atoms with Gasteiger partial charge in [0.1, 0.15) is 5.69 Å². The largest absolute Gasteiger partial charge is 0.379 e. The minimum Gasteiger partial charge on any atom is -0.379 e. The molecule has 90 valence electrons. The molecule has 0 bridgehead atoms. The van der Waals surface area contributed by atoms with Crippen molar-refractivity contribution >= 4 is 23.8 Å². The molecule has 0 fully saturated rings. The summed E-state index contributed by atoms with van der Waals surface area (Å²) in [6.45, 7) is 1.36. The Morgan fingerprint density at radius 3 is 2.62 bits per heavy atom. The van der Waals surface area contributed by atoms with Crippen LogP contribution in [0.5, 0.6) is 0 Å². The number of anilines is 1. The van der Waals surface area contributed by atoms with Crippen molar-refractivity contribution in [3.05, 3.63) is 34.4 Å². The van der Waals surface area contributed by atoms with Gasteiger partial charge in [-0.3, -0.25) is 10.1 Å². The fourth-order valence-electron chi connectivity index (χ4n) is 1.27. The quantitative estimate of drug-likeness (QED) is 0.457. The molecule has 5 nitrogen and oxygen atoms in total. The monoisotopic (exact) mass is 245 g/mol. The molecule has 1 aromatic carbocycles. The topological polar surface area (TPSA) is 81.2 Å². The first-order valence-corrected chi connectivity index (χ1v) is 4.93. The first kappa shape index (κ1) is 14.7. The third-order valence-corrected chi connectivity index (χ3v) is 2.05. The number of hydrogen-bond acceptors (Lipinski definition) is 4. The maximum absolute atomic E-state index is 10.7. The van der Waals surface area contributed by atoms with E-state index in [1.807, 2.05) is 0 Å². The molecule has 0 aliphatic heterocycles. The van der Waals surface area contributed by atoms with Gasteiger partial charge < -0.3 is 11.1 Å². The zero-order valence-corrected chi connectivity index (χ0v) is 9.70. The smallest absolute Gasteiger partial charge is 0.292 e. The Hall–Kier alpha value is -1.33. The molecule has 1 aromatic rings. The Kier molecular flexibility index (Phi) is 7.24. The maximum atomic E-state index is 10.7. The molecular weight excluding hydrogens is 230 g/mol. The second kappa shape index (κ2) is 7.90. The molecule has 16 heavy (non-hydrogen) atoms. The molecule has 6 heteroatoms. The van der Waals surface area contributed by atoms with E-state index in [1.165, 1.54) is 6.07 Å². The molecule has 0 saturated carbocycles. The van der Waals surface area contributed by atoms with Gasteiger partial charge in [-0.2, -0.15) is 0 Å². The SMILES string of the molecule is Cl.NCCCCNc1ccccc1[N+](=O)[O-]. The average Bonchev–Trinajstić information content (AvgIpc) is 2.25. The van der Waals surface area contributed by atoms with E-state index in [0.717, 1.165) is 12.8 Å². The number of unbranched alkanes of at least 4 members (excludes halogenated alkanes) is 1. The van der Waals surface area contributed by atoms with Crippen LogP contribution >= 0.6 is 12.4 Å². The molecule has 0 atom stereocenters. The van der Waals surface area contributed by atoms with E-state index < -0.39 is 0 Å². The second-order valence-electron chi connectivity index (χ2n) is 3.20. The second-order valence-corrected chi connectivity index (χ2v) is 3.20. The summed E-state index contributed by atoms with van der Waals surface area (Å²) in [5.41, 5.74) is 6.04.